The Kier molecular flexibility index (Phi) is 4.18. The van der Waals surface area contributed by atoms with Crippen LogP contribution in [-0.2, 0) is 11.2 Å². The standard InChI is InChI=1S/C16H17NO2/c1-12-3-5-13(6-4-12)11-16(18)17-14-7-9-15(19-2)10-8-14/h3-10H,11H2,1-2H3,(H,17,18). The first kappa shape index (κ1) is 13.1. The monoisotopic (exact) mass is 255 g/mol. The Morgan fingerprint density at radius 1 is 1.05 bits per heavy atom. The first-order chi connectivity index (χ1) is 9.17. The molecular weight excluding hydrogens is 238 g/mol. The van der Waals surface area contributed by atoms with E-state index in [-0.39, 0.29) is 5.91 Å². The molecule has 1 N–H and O–H groups in total. The summed E-state index contributed by atoms with van der Waals surface area (Å²) in [6.45, 7) is 2.03. The number of benzene rings is 2. The smallest absolute Gasteiger partial charge is 0.228 e. The second kappa shape index (κ2) is 6.05. The number of anilines is 1. The largest absolute Gasteiger partial charge is 0.497 e. The van der Waals surface area contributed by atoms with Crippen molar-refractivity contribution in [2.75, 3.05) is 12.4 Å². The van der Waals surface area contributed by atoms with Gasteiger partial charge in [-0.1, -0.05) is 29.8 Å². The molecule has 98 valence electrons. The molecule has 3 heteroatoms. The molecule has 2 aromatic rings. The van der Waals surface area contributed by atoms with E-state index in [2.05, 4.69) is 5.32 Å². The molecule has 0 aromatic heterocycles. The van der Waals surface area contributed by atoms with Gasteiger partial charge in [0.25, 0.3) is 0 Å². The summed E-state index contributed by atoms with van der Waals surface area (Å²) >= 11 is 0. The molecule has 2 rings (SSSR count). The highest BCUT2D eigenvalue weighted by Crippen LogP contribution is 2.15. The average molecular weight is 255 g/mol. The van der Waals surface area contributed by atoms with Gasteiger partial charge in [-0.05, 0) is 36.8 Å². The van der Waals surface area contributed by atoms with Crippen LogP contribution < -0.4 is 10.1 Å². The molecule has 1 amide bonds. The summed E-state index contributed by atoms with van der Waals surface area (Å²) in [5.41, 5.74) is 2.98. The molecule has 0 unspecified atom stereocenters. The Hall–Kier alpha value is -2.29. The molecule has 0 fully saturated rings. The number of amides is 1. The minimum Gasteiger partial charge on any atom is -0.497 e. The molecule has 0 bridgehead atoms. The fraction of sp³-hybridized carbons (Fsp3) is 0.188. The summed E-state index contributed by atoms with van der Waals surface area (Å²) in [7, 11) is 1.62. The molecule has 0 aliphatic rings. The van der Waals surface area contributed by atoms with E-state index in [4.69, 9.17) is 4.74 Å². The molecule has 0 aliphatic heterocycles. The maximum absolute atomic E-state index is 11.9. The van der Waals surface area contributed by atoms with E-state index in [9.17, 15) is 4.79 Å². The summed E-state index contributed by atoms with van der Waals surface area (Å²) in [6.07, 6.45) is 0.381. The van der Waals surface area contributed by atoms with Crippen LogP contribution in [0.5, 0.6) is 5.75 Å². The molecule has 0 spiro atoms. The number of carbonyl (C=O) groups excluding carboxylic acids is 1. The van der Waals surface area contributed by atoms with Crippen molar-refractivity contribution in [2.24, 2.45) is 0 Å². The normalized spacial score (nSPS) is 10.0. The van der Waals surface area contributed by atoms with Gasteiger partial charge in [0.15, 0.2) is 0 Å². The van der Waals surface area contributed by atoms with Crippen molar-refractivity contribution in [3.63, 3.8) is 0 Å². The molecule has 0 heterocycles. The molecule has 0 aliphatic carbocycles. The zero-order valence-corrected chi connectivity index (χ0v) is 11.1. The van der Waals surface area contributed by atoms with Crippen molar-refractivity contribution in [3.8, 4) is 5.75 Å². The Morgan fingerprint density at radius 3 is 2.26 bits per heavy atom. The van der Waals surface area contributed by atoms with Crippen molar-refractivity contribution < 1.29 is 9.53 Å². The van der Waals surface area contributed by atoms with Gasteiger partial charge in [-0.2, -0.15) is 0 Å². The highest BCUT2D eigenvalue weighted by molar-refractivity contribution is 5.92. The molecular formula is C16H17NO2. The van der Waals surface area contributed by atoms with Gasteiger partial charge in [0, 0.05) is 5.69 Å². The second-order valence-electron chi connectivity index (χ2n) is 4.44. The van der Waals surface area contributed by atoms with E-state index in [0.717, 1.165) is 17.0 Å². The first-order valence-electron chi connectivity index (χ1n) is 6.17. The summed E-state index contributed by atoms with van der Waals surface area (Å²) < 4.78 is 5.07. The van der Waals surface area contributed by atoms with Crippen molar-refractivity contribution in [1.29, 1.82) is 0 Å². The number of rotatable bonds is 4. The first-order valence-corrected chi connectivity index (χ1v) is 6.17. The fourth-order valence-corrected chi connectivity index (χ4v) is 1.77. The van der Waals surface area contributed by atoms with Gasteiger partial charge in [0.1, 0.15) is 5.75 Å². The topological polar surface area (TPSA) is 38.3 Å². The number of nitrogens with one attached hydrogen (secondary N) is 1. The summed E-state index contributed by atoms with van der Waals surface area (Å²) in [4.78, 5) is 11.9. The number of methoxy groups -OCH3 is 1. The third-order valence-corrected chi connectivity index (χ3v) is 2.86. The van der Waals surface area contributed by atoms with Crippen LogP contribution in [0.25, 0.3) is 0 Å². The lowest BCUT2D eigenvalue weighted by Gasteiger charge is -2.06. The van der Waals surface area contributed by atoms with Crippen molar-refractivity contribution in [3.05, 3.63) is 59.7 Å². The predicted octanol–water partition coefficient (Wildman–Crippen LogP) is 3.18. The van der Waals surface area contributed by atoms with E-state index < -0.39 is 0 Å². The molecule has 0 saturated carbocycles. The summed E-state index contributed by atoms with van der Waals surface area (Å²) in [6, 6.07) is 15.3. The lowest BCUT2D eigenvalue weighted by Crippen LogP contribution is -2.14. The Morgan fingerprint density at radius 2 is 1.68 bits per heavy atom. The van der Waals surface area contributed by atoms with Crippen LogP contribution in [0.3, 0.4) is 0 Å². The van der Waals surface area contributed by atoms with E-state index in [0.29, 0.717) is 6.42 Å². The number of aryl methyl sites for hydroxylation is 1. The van der Waals surface area contributed by atoms with Gasteiger partial charge < -0.3 is 10.1 Å². The van der Waals surface area contributed by atoms with E-state index in [1.807, 2.05) is 55.5 Å². The third kappa shape index (κ3) is 3.85. The maximum Gasteiger partial charge on any atom is 0.228 e. The van der Waals surface area contributed by atoms with Crippen LogP contribution >= 0.6 is 0 Å². The Bertz CT molecular complexity index is 544. The van der Waals surface area contributed by atoms with Crippen LogP contribution in [0.4, 0.5) is 5.69 Å². The minimum absolute atomic E-state index is 0.0194. The quantitative estimate of drug-likeness (QED) is 0.911. The molecule has 3 nitrogen and oxygen atoms in total. The fourth-order valence-electron chi connectivity index (χ4n) is 1.77. The van der Waals surface area contributed by atoms with Gasteiger partial charge in [-0.25, -0.2) is 0 Å². The van der Waals surface area contributed by atoms with Gasteiger partial charge in [-0.15, -0.1) is 0 Å². The lowest BCUT2D eigenvalue weighted by atomic mass is 10.1. The average Bonchev–Trinajstić information content (AvgIpc) is 2.42. The highest BCUT2D eigenvalue weighted by atomic mass is 16.5. The number of carbonyl (C=O) groups is 1. The second-order valence-corrected chi connectivity index (χ2v) is 4.44. The SMILES string of the molecule is COc1ccc(NC(=O)Cc2ccc(C)cc2)cc1. The predicted molar refractivity (Wildman–Crippen MR) is 76.5 cm³/mol. The molecule has 0 saturated heterocycles. The van der Waals surface area contributed by atoms with Crippen LogP contribution in [0.1, 0.15) is 11.1 Å². The van der Waals surface area contributed by atoms with Crippen molar-refractivity contribution >= 4 is 11.6 Å². The Labute approximate surface area is 113 Å². The van der Waals surface area contributed by atoms with E-state index >= 15 is 0 Å². The zero-order valence-electron chi connectivity index (χ0n) is 11.1. The number of ether oxygens (including phenoxy) is 1. The lowest BCUT2D eigenvalue weighted by molar-refractivity contribution is -0.115. The summed E-state index contributed by atoms with van der Waals surface area (Å²) in [5, 5.41) is 2.86. The maximum atomic E-state index is 11.9. The van der Waals surface area contributed by atoms with Crippen LogP contribution in [-0.4, -0.2) is 13.0 Å². The number of hydrogen-bond donors (Lipinski definition) is 1. The van der Waals surface area contributed by atoms with Gasteiger partial charge in [0.2, 0.25) is 5.91 Å². The third-order valence-electron chi connectivity index (χ3n) is 2.86. The highest BCUT2D eigenvalue weighted by Gasteiger charge is 2.04. The van der Waals surface area contributed by atoms with Gasteiger partial charge in [-0.3, -0.25) is 4.79 Å². The van der Waals surface area contributed by atoms with Crippen LogP contribution in [0.15, 0.2) is 48.5 Å². The number of hydrogen-bond acceptors (Lipinski definition) is 2. The molecule has 0 atom stereocenters. The van der Waals surface area contributed by atoms with Gasteiger partial charge in [0.05, 0.1) is 13.5 Å². The van der Waals surface area contributed by atoms with Crippen LogP contribution in [0, 0.1) is 6.92 Å². The van der Waals surface area contributed by atoms with Crippen LogP contribution in [0.2, 0.25) is 0 Å². The Balaban J connectivity index is 1.95. The zero-order chi connectivity index (χ0) is 13.7. The van der Waals surface area contributed by atoms with Crippen molar-refractivity contribution in [1.82, 2.24) is 0 Å². The molecule has 0 radical (unpaired) electrons. The minimum atomic E-state index is -0.0194. The summed E-state index contributed by atoms with van der Waals surface area (Å²) in [5.74, 6) is 0.755. The van der Waals surface area contributed by atoms with Crippen molar-refractivity contribution in [2.45, 2.75) is 13.3 Å². The molecule has 19 heavy (non-hydrogen) atoms. The van der Waals surface area contributed by atoms with E-state index in [1.54, 1.807) is 7.11 Å². The van der Waals surface area contributed by atoms with Gasteiger partial charge >= 0.3 is 0 Å². The van der Waals surface area contributed by atoms with E-state index in [1.165, 1.54) is 5.56 Å². The molecule has 2 aromatic carbocycles.